The Bertz CT molecular complexity index is 243. The largest absolute Gasteiger partial charge is 0.380 e. The van der Waals surface area contributed by atoms with Gasteiger partial charge >= 0.3 is 0 Å². The molecule has 0 radical (unpaired) electrons. The van der Waals surface area contributed by atoms with Gasteiger partial charge < -0.3 is 15.4 Å². The monoisotopic (exact) mass is 212 g/mol. The third kappa shape index (κ3) is 2.32. The number of rotatable bonds is 2. The average Bonchev–Trinajstić information content (AvgIpc) is 2.63. The molecule has 2 saturated heterocycles. The van der Waals surface area contributed by atoms with E-state index >= 15 is 0 Å². The minimum Gasteiger partial charge on any atom is -0.380 e. The zero-order valence-electron chi connectivity index (χ0n) is 9.45. The van der Waals surface area contributed by atoms with Crippen LogP contribution in [0.25, 0.3) is 0 Å². The molecule has 2 heterocycles. The van der Waals surface area contributed by atoms with E-state index in [4.69, 9.17) is 4.74 Å². The molecule has 0 bridgehead atoms. The Morgan fingerprint density at radius 2 is 2.20 bits per heavy atom. The Kier molecular flexibility index (Phi) is 3.26. The van der Waals surface area contributed by atoms with Crippen LogP contribution in [0, 0.1) is 17.8 Å². The highest BCUT2D eigenvalue weighted by Gasteiger charge is 2.40. The Morgan fingerprint density at radius 1 is 1.40 bits per heavy atom. The molecule has 0 unspecified atom stereocenters. The van der Waals surface area contributed by atoms with Crippen LogP contribution in [-0.4, -0.2) is 38.3 Å². The molecule has 0 saturated carbocycles. The number of amides is 1. The summed E-state index contributed by atoms with van der Waals surface area (Å²) >= 11 is 0. The second-order valence-corrected chi connectivity index (χ2v) is 4.89. The molecule has 2 rings (SSSR count). The molecule has 15 heavy (non-hydrogen) atoms. The summed E-state index contributed by atoms with van der Waals surface area (Å²) in [5, 5.41) is 6.32. The average molecular weight is 212 g/mol. The SMILES string of the molecule is CC(C)NC(=O)[C@H]1COC[C@H]2CNC[C@H]21. The number of fused-ring (bicyclic) bond motifs is 1. The van der Waals surface area contributed by atoms with Crippen molar-refractivity contribution in [2.24, 2.45) is 17.8 Å². The van der Waals surface area contributed by atoms with Crippen molar-refractivity contribution >= 4 is 5.91 Å². The van der Waals surface area contributed by atoms with E-state index in [0.717, 1.165) is 19.7 Å². The van der Waals surface area contributed by atoms with Crippen LogP contribution in [0.3, 0.4) is 0 Å². The lowest BCUT2D eigenvalue weighted by Crippen LogP contribution is -2.46. The van der Waals surface area contributed by atoms with Crippen LogP contribution in [0.1, 0.15) is 13.8 Å². The van der Waals surface area contributed by atoms with E-state index in [1.807, 2.05) is 13.8 Å². The number of hydrogen-bond donors (Lipinski definition) is 2. The predicted octanol–water partition coefficient (Wildman–Crippen LogP) is -0.00700. The number of nitrogens with one attached hydrogen (secondary N) is 2. The van der Waals surface area contributed by atoms with Gasteiger partial charge in [-0.05, 0) is 32.2 Å². The van der Waals surface area contributed by atoms with Crippen molar-refractivity contribution in [2.75, 3.05) is 26.3 Å². The molecule has 3 atom stereocenters. The molecule has 4 nitrogen and oxygen atoms in total. The quantitative estimate of drug-likeness (QED) is 0.677. The summed E-state index contributed by atoms with van der Waals surface area (Å²) in [4.78, 5) is 11.9. The van der Waals surface area contributed by atoms with Crippen molar-refractivity contribution in [1.29, 1.82) is 0 Å². The highest BCUT2D eigenvalue weighted by Crippen LogP contribution is 2.30. The van der Waals surface area contributed by atoms with Gasteiger partial charge in [0.05, 0.1) is 19.1 Å². The third-order valence-corrected chi connectivity index (χ3v) is 3.31. The molecule has 2 aliphatic heterocycles. The van der Waals surface area contributed by atoms with Crippen LogP contribution < -0.4 is 10.6 Å². The Labute approximate surface area is 90.8 Å². The normalized spacial score (nSPS) is 35.3. The van der Waals surface area contributed by atoms with E-state index in [9.17, 15) is 4.79 Å². The highest BCUT2D eigenvalue weighted by molar-refractivity contribution is 5.79. The molecular formula is C11H20N2O2. The van der Waals surface area contributed by atoms with Crippen LogP contribution in [0.15, 0.2) is 0 Å². The maximum atomic E-state index is 11.9. The molecule has 2 aliphatic rings. The molecule has 4 heteroatoms. The summed E-state index contributed by atoms with van der Waals surface area (Å²) in [5.74, 6) is 1.20. The standard InChI is InChI=1S/C11H20N2O2/c1-7(2)13-11(14)10-6-15-5-8-3-12-4-9(8)10/h7-10,12H,3-6H2,1-2H3,(H,13,14)/t8-,9-,10+/m1/s1. The van der Waals surface area contributed by atoms with Crippen molar-refractivity contribution in [2.45, 2.75) is 19.9 Å². The number of carbonyl (C=O) groups excluding carboxylic acids is 1. The fraction of sp³-hybridized carbons (Fsp3) is 0.909. The third-order valence-electron chi connectivity index (χ3n) is 3.31. The van der Waals surface area contributed by atoms with Gasteiger partial charge in [0.25, 0.3) is 0 Å². The summed E-state index contributed by atoms with van der Waals surface area (Å²) in [6, 6.07) is 0.215. The molecule has 1 amide bonds. The first kappa shape index (κ1) is 10.9. The molecule has 2 fully saturated rings. The molecular weight excluding hydrogens is 192 g/mol. The first-order chi connectivity index (χ1) is 7.18. The predicted molar refractivity (Wildman–Crippen MR) is 57.4 cm³/mol. The molecule has 0 aromatic carbocycles. The van der Waals surface area contributed by atoms with Gasteiger partial charge in [-0.15, -0.1) is 0 Å². The van der Waals surface area contributed by atoms with Crippen LogP contribution in [-0.2, 0) is 9.53 Å². The first-order valence-corrected chi connectivity index (χ1v) is 5.77. The lowest BCUT2D eigenvalue weighted by Gasteiger charge is -2.32. The Balaban J connectivity index is 1.98. The maximum Gasteiger partial charge on any atom is 0.225 e. The minimum atomic E-state index is 0.0427. The van der Waals surface area contributed by atoms with Crippen molar-refractivity contribution in [3.8, 4) is 0 Å². The first-order valence-electron chi connectivity index (χ1n) is 5.77. The molecule has 86 valence electrons. The summed E-state index contributed by atoms with van der Waals surface area (Å²) in [6.07, 6.45) is 0. The van der Waals surface area contributed by atoms with Gasteiger partial charge in [-0.25, -0.2) is 0 Å². The summed E-state index contributed by atoms with van der Waals surface area (Å²) in [5.41, 5.74) is 0. The van der Waals surface area contributed by atoms with E-state index in [0.29, 0.717) is 18.4 Å². The lowest BCUT2D eigenvalue weighted by molar-refractivity contribution is -0.134. The lowest BCUT2D eigenvalue weighted by atomic mass is 9.82. The van der Waals surface area contributed by atoms with E-state index in [2.05, 4.69) is 10.6 Å². The van der Waals surface area contributed by atoms with Crippen molar-refractivity contribution in [3.63, 3.8) is 0 Å². The van der Waals surface area contributed by atoms with E-state index in [1.54, 1.807) is 0 Å². The van der Waals surface area contributed by atoms with Gasteiger partial charge in [0.15, 0.2) is 0 Å². The summed E-state index contributed by atoms with van der Waals surface area (Å²) in [7, 11) is 0. The fourth-order valence-electron chi connectivity index (χ4n) is 2.54. The zero-order valence-corrected chi connectivity index (χ0v) is 9.45. The molecule has 0 aromatic heterocycles. The van der Waals surface area contributed by atoms with Crippen LogP contribution in [0.4, 0.5) is 0 Å². The van der Waals surface area contributed by atoms with Gasteiger partial charge in [-0.1, -0.05) is 0 Å². The minimum absolute atomic E-state index is 0.0427. The molecule has 0 aliphatic carbocycles. The van der Waals surface area contributed by atoms with Crippen molar-refractivity contribution < 1.29 is 9.53 Å². The highest BCUT2D eigenvalue weighted by atomic mass is 16.5. The Hall–Kier alpha value is -0.610. The summed E-state index contributed by atoms with van der Waals surface area (Å²) in [6.45, 7) is 7.34. The van der Waals surface area contributed by atoms with Gasteiger partial charge in [-0.3, -0.25) is 4.79 Å². The van der Waals surface area contributed by atoms with Crippen molar-refractivity contribution in [1.82, 2.24) is 10.6 Å². The second kappa shape index (κ2) is 4.49. The van der Waals surface area contributed by atoms with Crippen LogP contribution >= 0.6 is 0 Å². The van der Waals surface area contributed by atoms with Crippen LogP contribution in [0.5, 0.6) is 0 Å². The van der Waals surface area contributed by atoms with Gasteiger partial charge in [0.2, 0.25) is 5.91 Å². The van der Waals surface area contributed by atoms with Gasteiger partial charge in [0, 0.05) is 12.6 Å². The fourth-order valence-corrected chi connectivity index (χ4v) is 2.54. The van der Waals surface area contributed by atoms with Crippen LogP contribution in [0.2, 0.25) is 0 Å². The molecule has 2 N–H and O–H groups in total. The second-order valence-electron chi connectivity index (χ2n) is 4.89. The molecule has 0 spiro atoms. The topological polar surface area (TPSA) is 50.4 Å². The molecule has 0 aromatic rings. The zero-order chi connectivity index (χ0) is 10.8. The summed E-state index contributed by atoms with van der Waals surface area (Å²) < 4.78 is 5.50. The van der Waals surface area contributed by atoms with Gasteiger partial charge in [-0.2, -0.15) is 0 Å². The van der Waals surface area contributed by atoms with Crippen molar-refractivity contribution in [3.05, 3.63) is 0 Å². The number of ether oxygens (including phenoxy) is 1. The number of hydrogen-bond acceptors (Lipinski definition) is 3. The maximum absolute atomic E-state index is 11.9. The smallest absolute Gasteiger partial charge is 0.225 e. The van der Waals surface area contributed by atoms with Gasteiger partial charge in [0.1, 0.15) is 0 Å². The van der Waals surface area contributed by atoms with E-state index in [-0.39, 0.29) is 17.9 Å². The van der Waals surface area contributed by atoms with E-state index in [1.165, 1.54) is 0 Å². The van der Waals surface area contributed by atoms with E-state index < -0.39 is 0 Å². The number of carbonyl (C=O) groups is 1. The Morgan fingerprint density at radius 3 is 2.93 bits per heavy atom.